The molecule has 2 fully saturated rings. The Hall–Kier alpha value is -1.14. The topological polar surface area (TPSA) is 64.7 Å². The van der Waals surface area contributed by atoms with Gasteiger partial charge >= 0.3 is 0 Å². The highest BCUT2D eigenvalue weighted by Crippen LogP contribution is 2.25. The molecule has 6 heteroatoms. The van der Waals surface area contributed by atoms with Crippen molar-refractivity contribution in [2.75, 3.05) is 40.3 Å². The average Bonchev–Trinajstić information content (AvgIpc) is 3.01. The minimum Gasteiger partial charge on any atom is -0.359 e. The van der Waals surface area contributed by atoms with Gasteiger partial charge in [-0.25, -0.2) is 0 Å². The third-order valence-electron chi connectivity index (χ3n) is 4.69. The molecular weight excluding hydrogens is 268 g/mol. The molecule has 2 amide bonds. The molecule has 6 nitrogen and oxygen atoms in total. The van der Waals surface area contributed by atoms with Gasteiger partial charge in [0.05, 0.1) is 6.04 Å². The predicted molar refractivity (Wildman–Crippen MR) is 81.9 cm³/mol. The molecule has 0 aromatic rings. The molecule has 0 aliphatic carbocycles. The Kier molecular flexibility index (Phi) is 5.99. The second-order valence-electron chi connectivity index (χ2n) is 6.06. The summed E-state index contributed by atoms with van der Waals surface area (Å²) in [7, 11) is 3.43. The molecule has 2 aliphatic rings. The predicted octanol–water partition coefficient (Wildman–Crippen LogP) is -0.203. The Morgan fingerprint density at radius 3 is 2.67 bits per heavy atom. The number of rotatable bonds is 5. The van der Waals surface area contributed by atoms with E-state index in [9.17, 15) is 9.59 Å². The van der Waals surface area contributed by atoms with Gasteiger partial charge in [-0.15, -0.1) is 0 Å². The summed E-state index contributed by atoms with van der Waals surface area (Å²) in [6.45, 7) is 3.63. The van der Waals surface area contributed by atoms with E-state index in [0.717, 1.165) is 45.3 Å². The van der Waals surface area contributed by atoms with E-state index in [0.29, 0.717) is 19.0 Å². The summed E-state index contributed by atoms with van der Waals surface area (Å²) in [5, 5.41) is 5.97. The van der Waals surface area contributed by atoms with Crippen LogP contribution >= 0.6 is 0 Å². The Balaban J connectivity index is 1.88. The molecular formula is C15H28N4O2. The number of hydrogen-bond acceptors (Lipinski definition) is 4. The van der Waals surface area contributed by atoms with Crippen LogP contribution in [-0.4, -0.2) is 74.0 Å². The monoisotopic (exact) mass is 296 g/mol. The first-order valence-electron chi connectivity index (χ1n) is 8.05. The van der Waals surface area contributed by atoms with Crippen LogP contribution in [-0.2, 0) is 9.59 Å². The fraction of sp³-hybridized carbons (Fsp3) is 0.867. The highest BCUT2D eigenvalue weighted by molar-refractivity contribution is 5.83. The maximum absolute atomic E-state index is 12.6. The molecule has 0 aromatic carbocycles. The molecule has 0 spiro atoms. The van der Waals surface area contributed by atoms with Gasteiger partial charge in [-0.05, 0) is 45.3 Å². The van der Waals surface area contributed by atoms with Crippen molar-refractivity contribution < 1.29 is 9.59 Å². The SMILES string of the molecule is CNC(=O)CCN(C)C(=O)C1CCCN1C1CCNCC1. The zero-order chi connectivity index (χ0) is 15.2. The van der Waals surface area contributed by atoms with E-state index >= 15 is 0 Å². The van der Waals surface area contributed by atoms with Gasteiger partial charge in [0, 0.05) is 33.1 Å². The number of carbonyl (C=O) groups is 2. The standard InChI is InChI=1S/C15H28N4O2/c1-16-14(20)7-11-18(2)15(21)13-4-3-10-19(13)12-5-8-17-9-6-12/h12-13,17H,3-11H2,1-2H3,(H,16,20). The molecule has 120 valence electrons. The van der Waals surface area contributed by atoms with Gasteiger partial charge in [0.2, 0.25) is 11.8 Å². The van der Waals surface area contributed by atoms with E-state index in [1.807, 2.05) is 7.05 Å². The van der Waals surface area contributed by atoms with Crippen LogP contribution in [0.15, 0.2) is 0 Å². The van der Waals surface area contributed by atoms with Gasteiger partial charge in [0.25, 0.3) is 0 Å². The normalized spacial score (nSPS) is 24.0. The Bertz CT molecular complexity index is 369. The first kappa shape index (κ1) is 16.2. The second kappa shape index (κ2) is 7.75. The van der Waals surface area contributed by atoms with Crippen molar-refractivity contribution in [2.45, 2.75) is 44.2 Å². The zero-order valence-corrected chi connectivity index (χ0v) is 13.2. The smallest absolute Gasteiger partial charge is 0.239 e. The van der Waals surface area contributed by atoms with Crippen molar-refractivity contribution in [1.29, 1.82) is 0 Å². The lowest BCUT2D eigenvalue weighted by Gasteiger charge is -2.36. The second-order valence-corrected chi connectivity index (χ2v) is 6.06. The maximum Gasteiger partial charge on any atom is 0.239 e. The summed E-state index contributed by atoms with van der Waals surface area (Å²) in [6, 6.07) is 0.554. The number of likely N-dealkylation sites (N-methyl/N-ethyl adjacent to an activating group) is 1. The van der Waals surface area contributed by atoms with Crippen molar-refractivity contribution in [1.82, 2.24) is 20.4 Å². The van der Waals surface area contributed by atoms with Crippen LogP contribution in [0.2, 0.25) is 0 Å². The first-order chi connectivity index (χ1) is 10.1. The Morgan fingerprint density at radius 2 is 2.00 bits per heavy atom. The van der Waals surface area contributed by atoms with Gasteiger partial charge in [-0.1, -0.05) is 0 Å². The Morgan fingerprint density at radius 1 is 1.29 bits per heavy atom. The minimum absolute atomic E-state index is 0.0165. The Labute approximate surface area is 127 Å². The first-order valence-corrected chi connectivity index (χ1v) is 8.05. The molecule has 0 bridgehead atoms. The summed E-state index contributed by atoms with van der Waals surface area (Å²) in [5.41, 5.74) is 0. The fourth-order valence-corrected chi connectivity index (χ4v) is 3.39. The lowest BCUT2D eigenvalue weighted by molar-refractivity contribution is -0.136. The lowest BCUT2D eigenvalue weighted by Crippen LogP contribution is -2.51. The summed E-state index contributed by atoms with van der Waals surface area (Å²) in [6.07, 6.45) is 4.69. The summed E-state index contributed by atoms with van der Waals surface area (Å²) < 4.78 is 0. The largest absolute Gasteiger partial charge is 0.359 e. The van der Waals surface area contributed by atoms with Crippen LogP contribution in [0, 0.1) is 0 Å². The van der Waals surface area contributed by atoms with E-state index in [1.165, 1.54) is 0 Å². The van der Waals surface area contributed by atoms with Gasteiger partial charge in [-0.3, -0.25) is 14.5 Å². The van der Waals surface area contributed by atoms with Gasteiger partial charge in [0.15, 0.2) is 0 Å². The molecule has 1 atom stereocenters. The molecule has 1 unspecified atom stereocenters. The van der Waals surface area contributed by atoms with Gasteiger partial charge in [0.1, 0.15) is 0 Å². The molecule has 2 N–H and O–H groups in total. The van der Waals surface area contributed by atoms with E-state index in [1.54, 1.807) is 11.9 Å². The highest BCUT2D eigenvalue weighted by Gasteiger charge is 2.36. The quantitative estimate of drug-likeness (QED) is 0.737. The number of nitrogens with zero attached hydrogens (tertiary/aromatic N) is 2. The maximum atomic E-state index is 12.6. The number of piperidine rings is 1. The third kappa shape index (κ3) is 4.17. The molecule has 2 saturated heterocycles. The fourth-order valence-electron chi connectivity index (χ4n) is 3.39. The summed E-state index contributed by atoms with van der Waals surface area (Å²) in [5.74, 6) is 0.159. The zero-order valence-electron chi connectivity index (χ0n) is 13.2. The van der Waals surface area contributed by atoms with Crippen molar-refractivity contribution in [3.63, 3.8) is 0 Å². The van der Waals surface area contributed by atoms with Gasteiger partial charge < -0.3 is 15.5 Å². The number of nitrogens with one attached hydrogen (secondary N) is 2. The number of likely N-dealkylation sites (tertiary alicyclic amines) is 1. The molecule has 21 heavy (non-hydrogen) atoms. The summed E-state index contributed by atoms with van der Waals surface area (Å²) >= 11 is 0. The van der Waals surface area contributed by atoms with Crippen molar-refractivity contribution in [2.24, 2.45) is 0 Å². The summed E-state index contributed by atoms with van der Waals surface area (Å²) in [4.78, 5) is 28.1. The van der Waals surface area contributed by atoms with E-state index in [4.69, 9.17) is 0 Å². The molecule has 0 aromatic heterocycles. The van der Waals surface area contributed by atoms with Crippen LogP contribution < -0.4 is 10.6 Å². The number of amides is 2. The average molecular weight is 296 g/mol. The van der Waals surface area contributed by atoms with Crippen molar-refractivity contribution in [3.8, 4) is 0 Å². The van der Waals surface area contributed by atoms with Gasteiger partial charge in [-0.2, -0.15) is 0 Å². The molecule has 0 saturated carbocycles. The molecule has 0 radical (unpaired) electrons. The van der Waals surface area contributed by atoms with Crippen LogP contribution in [0.5, 0.6) is 0 Å². The van der Waals surface area contributed by atoms with Crippen molar-refractivity contribution in [3.05, 3.63) is 0 Å². The van der Waals surface area contributed by atoms with E-state index in [2.05, 4.69) is 15.5 Å². The van der Waals surface area contributed by atoms with Crippen LogP contribution in [0.1, 0.15) is 32.1 Å². The number of hydrogen-bond donors (Lipinski definition) is 2. The van der Waals surface area contributed by atoms with Crippen LogP contribution in [0.25, 0.3) is 0 Å². The minimum atomic E-state index is -0.0173. The lowest BCUT2D eigenvalue weighted by atomic mass is 10.0. The number of carbonyl (C=O) groups excluding carboxylic acids is 2. The van der Waals surface area contributed by atoms with Crippen molar-refractivity contribution >= 4 is 11.8 Å². The van der Waals surface area contributed by atoms with E-state index < -0.39 is 0 Å². The highest BCUT2D eigenvalue weighted by atomic mass is 16.2. The van der Waals surface area contributed by atoms with E-state index in [-0.39, 0.29) is 17.9 Å². The molecule has 2 rings (SSSR count). The molecule has 2 aliphatic heterocycles. The van der Waals surface area contributed by atoms with Crippen LogP contribution in [0.4, 0.5) is 0 Å². The molecule has 2 heterocycles. The van der Waals surface area contributed by atoms with Crippen LogP contribution in [0.3, 0.4) is 0 Å². The third-order valence-corrected chi connectivity index (χ3v) is 4.69.